The molecule has 2 amide bonds. The summed E-state index contributed by atoms with van der Waals surface area (Å²) in [7, 11) is 1.85. The summed E-state index contributed by atoms with van der Waals surface area (Å²) in [6.45, 7) is 5.50. The van der Waals surface area contributed by atoms with Crippen molar-refractivity contribution in [3.8, 4) is 0 Å². The zero-order valence-corrected chi connectivity index (χ0v) is 15.4. The van der Waals surface area contributed by atoms with E-state index in [2.05, 4.69) is 27.7 Å². The maximum absolute atomic E-state index is 12.1. The highest BCUT2D eigenvalue weighted by Crippen LogP contribution is 2.21. The zero-order chi connectivity index (χ0) is 18.1. The van der Waals surface area contributed by atoms with Crippen LogP contribution in [0.4, 0.5) is 11.4 Å². The molecule has 0 aromatic heterocycles. The van der Waals surface area contributed by atoms with Crippen LogP contribution in [0.1, 0.15) is 32.6 Å². The fraction of sp³-hybridized carbons (Fsp3) is 0.579. The van der Waals surface area contributed by atoms with Crippen LogP contribution in [0.2, 0.25) is 0 Å². The second kappa shape index (κ2) is 10.0. The molecule has 1 aromatic rings. The Morgan fingerprint density at radius 3 is 2.32 bits per heavy atom. The first-order chi connectivity index (χ1) is 12.1. The number of nitrogens with one attached hydrogen (secondary N) is 3. The van der Waals surface area contributed by atoms with Gasteiger partial charge in [0.15, 0.2) is 13.1 Å². The molecule has 6 nitrogen and oxygen atoms in total. The van der Waals surface area contributed by atoms with Crippen LogP contribution in [0.15, 0.2) is 24.3 Å². The van der Waals surface area contributed by atoms with Crippen molar-refractivity contribution in [2.45, 2.75) is 32.6 Å². The number of rotatable bonds is 8. The van der Waals surface area contributed by atoms with Gasteiger partial charge in [0.05, 0.1) is 7.05 Å². The smallest absolute Gasteiger partial charge is 0.279 e. The van der Waals surface area contributed by atoms with Gasteiger partial charge in [-0.15, -0.1) is 0 Å². The first-order valence-electron chi connectivity index (χ1n) is 9.31. The second-order valence-electron chi connectivity index (χ2n) is 6.80. The summed E-state index contributed by atoms with van der Waals surface area (Å²) >= 11 is 0. The van der Waals surface area contributed by atoms with Gasteiger partial charge in [-0.2, -0.15) is 0 Å². The third kappa shape index (κ3) is 6.74. The summed E-state index contributed by atoms with van der Waals surface area (Å²) < 4.78 is 0. The van der Waals surface area contributed by atoms with Gasteiger partial charge in [0, 0.05) is 31.0 Å². The molecule has 25 heavy (non-hydrogen) atoms. The van der Waals surface area contributed by atoms with Crippen molar-refractivity contribution in [1.82, 2.24) is 5.32 Å². The first kappa shape index (κ1) is 19.2. The van der Waals surface area contributed by atoms with E-state index in [9.17, 15) is 9.59 Å². The fourth-order valence-corrected chi connectivity index (χ4v) is 3.05. The molecule has 1 aliphatic heterocycles. The molecule has 0 spiro atoms. The van der Waals surface area contributed by atoms with Crippen molar-refractivity contribution < 1.29 is 14.5 Å². The lowest BCUT2D eigenvalue weighted by molar-refractivity contribution is -0.862. The Morgan fingerprint density at radius 2 is 1.68 bits per heavy atom. The Balaban J connectivity index is 1.76. The number of benzene rings is 1. The first-order valence-corrected chi connectivity index (χ1v) is 9.31. The van der Waals surface area contributed by atoms with Gasteiger partial charge >= 0.3 is 0 Å². The van der Waals surface area contributed by atoms with Crippen LogP contribution in [0.3, 0.4) is 0 Å². The fourth-order valence-electron chi connectivity index (χ4n) is 3.05. The average Bonchev–Trinajstić information content (AvgIpc) is 2.61. The number of amides is 2. The molecule has 1 unspecified atom stereocenters. The number of carbonyl (C=O) groups is 2. The van der Waals surface area contributed by atoms with Crippen molar-refractivity contribution >= 4 is 23.2 Å². The molecule has 0 bridgehead atoms. The molecule has 0 saturated carbocycles. The lowest BCUT2D eigenvalue weighted by Crippen LogP contribution is -3.11. The Kier molecular flexibility index (Phi) is 7.73. The lowest BCUT2D eigenvalue weighted by Gasteiger charge is -2.28. The number of anilines is 2. The van der Waals surface area contributed by atoms with E-state index in [1.54, 1.807) is 0 Å². The van der Waals surface area contributed by atoms with E-state index in [0.29, 0.717) is 13.1 Å². The van der Waals surface area contributed by atoms with E-state index >= 15 is 0 Å². The van der Waals surface area contributed by atoms with Crippen molar-refractivity contribution in [2.75, 3.05) is 50.0 Å². The van der Waals surface area contributed by atoms with Gasteiger partial charge in [0.1, 0.15) is 0 Å². The number of hydrogen-bond acceptors (Lipinski definition) is 3. The van der Waals surface area contributed by atoms with Gasteiger partial charge in [-0.1, -0.05) is 6.92 Å². The molecule has 6 heteroatoms. The summed E-state index contributed by atoms with van der Waals surface area (Å²) in [6, 6.07) is 8.03. The molecule has 1 fully saturated rings. The van der Waals surface area contributed by atoms with E-state index < -0.39 is 0 Å². The molecule has 0 aliphatic carbocycles. The van der Waals surface area contributed by atoms with Crippen molar-refractivity contribution in [1.29, 1.82) is 0 Å². The second-order valence-corrected chi connectivity index (χ2v) is 6.80. The molecule has 2 rings (SSSR count). The minimum absolute atomic E-state index is 0.0157. The van der Waals surface area contributed by atoms with Crippen LogP contribution in [0, 0.1) is 0 Å². The molecule has 1 atom stereocenters. The van der Waals surface area contributed by atoms with Crippen molar-refractivity contribution in [3.63, 3.8) is 0 Å². The summed E-state index contributed by atoms with van der Waals surface area (Å²) in [5.41, 5.74) is 2.02. The molecule has 3 N–H and O–H groups in total. The number of nitrogens with zero attached hydrogens (tertiary/aromatic N) is 1. The highest BCUT2D eigenvalue weighted by atomic mass is 16.2. The van der Waals surface area contributed by atoms with Crippen LogP contribution in [0.5, 0.6) is 0 Å². The Labute approximate surface area is 150 Å². The van der Waals surface area contributed by atoms with Crippen molar-refractivity contribution in [2.24, 2.45) is 0 Å². The summed E-state index contributed by atoms with van der Waals surface area (Å²) in [5, 5.41) is 5.74. The van der Waals surface area contributed by atoms with Gasteiger partial charge in [-0.25, -0.2) is 0 Å². The minimum Gasteiger partial charge on any atom is -0.372 e. The molecule has 1 aromatic carbocycles. The van der Waals surface area contributed by atoms with Crippen LogP contribution in [0.25, 0.3) is 0 Å². The molecule has 1 aliphatic rings. The molecule has 0 radical (unpaired) electrons. The highest BCUT2D eigenvalue weighted by molar-refractivity contribution is 5.91. The molecule has 1 heterocycles. The third-order valence-electron chi connectivity index (χ3n) is 4.37. The topological polar surface area (TPSA) is 65.9 Å². The zero-order valence-electron chi connectivity index (χ0n) is 15.4. The predicted octanol–water partition coefficient (Wildman–Crippen LogP) is 0.656. The highest BCUT2D eigenvalue weighted by Gasteiger charge is 2.14. The van der Waals surface area contributed by atoms with Gasteiger partial charge < -0.3 is 20.4 Å². The Hall–Kier alpha value is -2.08. The van der Waals surface area contributed by atoms with Crippen LogP contribution in [-0.2, 0) is 9.59 Å². The summed E-state index contributed by atoms with van der Waals surface area (Å²) in [4.78, 5) is 27.1. The quantitative estimate of drug-likeness (QED) is 0.647. The van der Waals surface area contributed by atoms with Crippen LogP contribution >= 0.6 is 0 Å². The predicted molar refractivity (Wildman–Crippen MR) is 101 cm³/mol. The molecule has 1 saturated heterocycles. The van der Waals surface area contributed by atoms with E-state index in [1.807, 2.05) is 26.1 Å². The van der Waals surface area contributed by atoms with Gasteiger partial charge in [0.25, 0.3) is 11.8 Å². The van der Waals surface area contributed by atoms with E-state index in [1.165, 1.54) is 24.9 Å². The number of hydrogen-bond donors (Lipinski definition) is 3. The number of piperidine rings is 1. The Bertz CT molecular complexity index is 553. The lowest BCUT2D eigenvalue weighted by atomic mass is 10.1. The normalized spacial score (nSPS) is 15.5. The SMILES string of the molecule is CCCNC(=O)C[NH+](C)CC(=O)Nc1ccc(N2CCCCC2)cc1. The number of carbonyl (C=O) groups excluding carboxylic acids is 2. The number of likely N-dealkylation sites (N-methyl/N-ethyl adjacent to an activating group) is 1. The summed E-state index contributed by atoms with van der Waals surface area (Å²) in [6.07, 6.45) is 4.73. The standard InChI is InChI=1S/C19H30N4O2/c1-3-11-20-18(24)14-22(2)15-19(25)21-16-7-9-17(10-8-16)23-12-5-4-6-13-23/h7-10H,3-6,11-15H2,1-2H3,(H,20,24)(H,21,25)/p+1. The van der Waals surface area contributed by atoms with E-state index in [4.69, 9.17) is 0 Å². The minimum atomic E-state index is -0.0773. The van der Waals surface area contributed by atoms with E-state index in [-0.39, 0.29) is 18.4 Å². The average molecular weight is 347 g/mol. The number of quaternary nitrogens is 1. The molecule has 138 valence electrons. The monoisotopic (exact) mass is 347 g/mol. The Morgan fingerprint density at radius 1 is 1.04 bits per heavy atom. The van der Waals surface area contributed by atoms with Crippen LogP contribution < -0.4 is 20.4 Å². The van der Waals surface area contributed by atoms with Gasteiger partial charge in [-0.05, 0) is 49.9 Å². The molecular formula is C19H31N4O2+. The van der Waals surface area contributed by atoms with Gasteiger partial charge in [0.2, 0.25) is 0 Å². The van der Waals surface area contributed by atoms with Gasteiger partial charge in [-0.3, -0.25) is 9.59 Å². The maximum atomic E-state index is 12.1. The third-order valence-corrected chi connectivity index (χ3v) is 4.37. The summed E-state index contributed by atoms with van der Waals surface area (Å²) in [5.74, 6) is -0.0930. The van der Waals surface area contributed by atoms with Crippen molar-refractivity contribution in [3.05, 3.63) is 24.3 Å². The maximum Gasteiger partial charge on any atom is 0.279 e. The largest absolute Gasteiger partial charge is 0.372 e. The van der Waals surface area contributed by atoms with Crippen LogP contribution in [-0.4, -0.2) is 51.6 Å². The van der Waals surface area contributed by atoms with E-state index in [0.717, 1.165) is 30.1 Å². The molecular weight excluding hydrogens is 316 g/mol.